The maximum Gasteiger partial charge on any atom is 0.130 e. The molecule has 4 N–H and O–H groups in total. The average Bonchev–Trinajstić information content (AvgIpc) is 2.30. The number of aliphatic hydroxyl groups is 1. The first-order valence-corrected chi connectivity index (χ1v) is 5.52. The molecule has 0 fully saturated rings. The SMILES string of the molecule is CC(C)(O)C1NC=C(S(N)=O)S1. The minimum atomic E-state index is -1.45. The van der Waals surface area contributed by atoms with Gasteiger partial charge in [-0.1, -0.05) is 11.8 Å². The van der Waals surface area contributed by atoms with Crippen LogP contribution in [0.15, 0.2) is 10.4 Å². The summed E-state index contributed by atoms with van der Waals surface area (Å²) in [4.78, 5) is 0. The van der Waals surface area contributed by atoms with Crippen LogP contribution in [0.2, 0.25) is 0 Å². The van der Waals surface area contributed by atoms with Crippen molar-refractivity contribution < 1.29 is 9.32 Å². The van der Waals surface area contributed by atoms with E-state index < -0.39 is 16.6 Å². The number of rotatable bonds is 2. The second-order valence-corrected chi connectivity index (χ2v) is 5.52. The average molecular weight is 208 g/mol. The fourth-order valence-electron chi connectivity index (χ4n) is 0.782. The summed E-state index contributed by atoms with van der Waals surface area (Å²) in [6, 6.07) is 0. The Morgan fingerprint density at radius 1 is 1.83 bits per heavy atom. The molecule has 2 atom stereocenters. The maximum atomic E-state index is 10.8. The second kappa shape index (κ2) is 3.37. The first-order chi connectivity index (χ1) is 5.41. The Hall–Kier alpha value is -0.0400. The lowest BCUT2D eigenvalue weighted by atomic mass is 10.1. The number of thioether (sulfide) groups is 1. The lowest BCUT2D eigenvalue weighted by Crippen LogP contribution is -2.39. The zero-order valence-electron chi connectivity index (χ0n) is 6.90. The molecule has 0 amide bonds. The molecular weight excluding hydrogens is 196 g/mol. The van der Waals surface area contributed by atoms with Crippen LogP contribution < -0.4 is 10.5 Å². The topological polar surface area (TPSA) is 75.3 Å². The van der Waals surface area contributed by atoms with Crippen molar-refractivity contribution in [2.24, 2.45) is 5.14 Å². The van der Waals surface area contributed by atoms with E-state index in [9.17, 15) is 9.32 Å². The molecule has 2 unspecified atom stereocenters. The Kier molecular flexibility index (Phi) is 2.82. The van der Waals surface area contributed by atoms with Gasteiger partial charge in [-0.05, 0) is 13.8 Å². The maximum absolute atomic E-state index is 10.8. The molecule has 0 aromatic heterocycles. The van der Waals surface area contributed by atoms with Crippen LogP contribution >= 0.6 is 11.8 Å². The van der Waals surface area contributed by atoms with Gasteiger partial charge in [0.1, 0.15) is 20.6 Å². The third-order valence-electron chi connectivity index (χ3n) is 1.43. The van der Waals surface area contributed by atoms with Crippen LogP contribution in [0.1, 0.15) is 13.8 Å². The van der Waals surface area contributed by atoms with Gasteiger partial charge in [0, 0.05) is 6.20 Å². The van der Waals surface area contributed by atoms with Gasteiger partial charge in [-0.25, -0.2) is 9.35 Å². The molecule has 0 aliphatic carbocycles. The van der Waals surface area contributed by atoms with Gasteiger partial charge in [-0.15, -0.1) is 0 Å². The summed E-state index contributed by atoms with van der Waals surface area (Å²) in [7, 11) is -1.45. The van der Waals surface area contributed by atoms with Crippen LogP contribution in [-0.2, 0) is 11.0 Å². The lowest BCUT2D eigenvalue weighted by molar-refractivity contribution is 0.0731. The molecular formula is C6H12N2O2S2. The molecule has 0 radical (unpaired) electrons. The van der Waals surface area contributed by atoms with Crippen molar-refractivity contribution in [1.82, 2.24) is 5.32 Å². The van der Waals surface area contributed by atoms with Gasteiger partial charge in [0.25, 0.3) is 0 Å². The van der Waals surface area contributed by atoms with Gasteiger partial charge in [0.15, 0.2) is 0 Å². The Bertz CT molecular complexity index is 234. The molecule has 0 spiro atoms. The summed E-state index contributed by atoms with van der Waals surface area (Å²) < 4.78 is 11.4. The van der Waals surface area contributed by atoms with Gasteiger partial charge in [-0.2, -0.15) is 0 Å². The van der Waals surface area contributed by atoms with Crippen LogP contribution in [0.5, 0.6) is 0 Å². The van der Waals surface area contributed by atoms with Gasteiger partial charge in [-0.3, -0.25) is 0 Å². The van der Waals surface area contributed by atoms with Crippen LogP contribution in [0.25, 0.3) is 0 Å². The predicted octanol–water partition coefficient (Wildman–Crippen LogP) is -0.159. The van der Waals surface area contributed by atoms with E-state index >= 15 is 0 Å². The van der Waals surface area contributed by atoms with Crippen molar-refractivity contribution in [3.05, 3.63) is 10.4 Å². The van der Waals surface area contributed by atoms with Gasteiger partial charge >= 0.3 is 0 Å². The monoisotopic (exact) mass is 208 g/mol. The Labute approximate surface area is 78.2 Å². The Morgan fingerprint density at radius 3 is 2.67 bits per heavy atom. The molecule has 0 saturated heterocycles. The standard InChI is InChI=1S/C6H12N2O2S2/c1-6(2,9)5-8-3-4(11-5)12(7)10/h3,5,8-9H,7H2,1-2H3. The van der Waals surface area contributed by atoms with Gasteiger partial charge < -0.3 is 10.4 Å². The molecule has 1 rings (SSSR count). The van der Waals surface area contributed by atoms with E-state index in [1.807, 2.05) is 0 Å². The van der Waals surface area contributed by atoms with Crippen LogP contribution in [0.4, 0.5) is 0 Å². The second-order valence-electron chi connectivity index (χ2n) is 3.08. The van der Waals surface area contributed by atoms with Crippen LogP contribution in [-0.4, -0.2) is 20.3 Å². The Balaban J connectivity index is 2.59. The molecule has 1 heterocycles. The molecule has 70 valence electrons. The third-order valence-corrected chi connectivity index (χ3v) is 4.02. The lowest BCUT2D eigenvalue weighted by Gasteiger charge is -2.24. The van der Waals surface area contributed by atoms with E-state index in [0.717, 1.165) is 0 Å². The fourth-order valence-corrected chi connectivity index (χ4v) is 2.43. The highest BCUT2D eigenvalue weighted by Gasteiger charge is 2.32. The van der Waals surface area contributed by atoms with E-state index in [1.165, 1.54) is 11.8 Å². The molecule has 0 bridgehead atoms. The largest absolute Gasteiger partial charge is 0.387 e. The van der Waals surface area contributed by atoms with E-state index in [4.69, 9.17) is 5.14 Å². The van der Waals surface area contributed by atoms with E-state index in [0.29, 0.717) is 4.24 Å². The summed E-state index contributed by atoms with van der Waals surface area (Å²) >= 11 is 1.30. The minimum Gasteiger partial charge on any atom is -0.387 e. The predicted molar refractivity (Wildman–Crippen MR) is 51.2 cm³/mol. The molecule has 1 aliphatic rings. The molecule has 0 aromatic carbocycles. The Morgan fingerprint density at radius 2 is 2.42 bits per heavy atom. The normalized spacial score (nSPS) is 26.3. The summed E-state index contributed by atoms with van der Waals surface area (Å²) in [6.07, 6.45) is 1.59. The van der Waals surface area contributed by atoms with Crippen molar-refractivity contribution in [3.8, 4) is 0 Å². The van der Waals surface area contributed by atoms with Crippen LogP contribution in [0.3, 0.4) is 0 Å². The van der Waals surface area contributed by atoms with E-state index in [1.54, 1.807) is 20.0 Å². The summed E-state index contributed by atoms with van der Waals surface area (Å²) in [5.74, 6) is 0. The summed E-state index contributed by atoms with van der Waals surface area (Å²) in [5.41, 5.74) is -0.845. The van der Waals surface area contributed by atoms with Gasteiger partial charge in [0.2, 0.25) is 0 Å². The number of nitrogens with two attached hydrogens (primary N) is 1. The fraction of sp³-hybridized carbons (Fsp3) is 0.667. The number of hydrogen-bond acceptors (Lipinski definition) is 4. The summed E-state index contributed by atoms with van der Waals surface area (Å²) in [6.45, 7) is 3.38. The molecule has 12 heavy (non-hydrogen) atoms. The van der Waals surface area contributed by atoms with Crippen molar-refractivity contribution in [1.29, 1.82) is 0 Å². The third kappa shape index (κ3) is 2.22. The first-order valence-electron chi connectivity index (χ1n) is 3.42. The van der Waals surface area contributed by atoms with Crippen molar-refractivity contribution in [2.45, 2.75) is 24.8 Å². The molecule has 0 saturated carbocycles. The molecule has 1 aliphatic heterocycles. The quantitative estimate of drug-likeness (QED) is 0.589. The highest BCUT2D eigenvalue weighted by molar-refractivity contribution is 8.16. The first kappa shape index (κ1) is 10.0. The number of hydrogen-bond donors (Lipinski definition) is 3. The van der Waals surface area contributed by atoms with Crippen LogP contribution in [0, 0.1) is 0 Å². The van der Waals surface area contributed by atoms with E-state index in [2.05, 4.69) is 5.32 Å². The number of nitrogens with one attached hydrogen (secondary N) is 1. The zero-order chi connectivity index (χ0) is 9.35. The summed E-state index contributed by atoms with van der Waals surface area (Å²) in [5, 5.41) is 17.5. The van der Waals surface area contributed by atoms with Crippen molar-refractivity contribution >= 4 is 22.7 Å². The van der Waals surface area contributed by atoms with Crippen molar-refractivity contribution in [2.75, 3.05) is 0 Å². The molecule has 6 heteroatoms. The van der Waals surface area contributed by atoms with Gasteiger partial charge in [0.05, 0.1) is 5.60 Å². The zero-order valence-corrected chi connectivity index (χ0v) is 8.54. The van der Waals surface area contributed by atoms with Crippen molar-refractivity contribution in [3.63, 3.8) is 0 Å². The smallest absolute Gasteiger partial charge is 0.130 e. The molecule has 4 nitrogen and oxygen atoms in total. The highest BCUT2D eigenvalue weighted by Crippen LogP contribution is 2.32. The molecule has 0 aromatic rings. The highest BCUT2D eigenvalue weighted by atomic mass is 32.2. The van der Waals surface area contributed by atoms with E-state index in [-0.39, 0.29) is 5.37 Å². The minimum absolute atomic E-state index is 0.167.